The first-order valence-corrected chi connectivity index (χ1v) is 8.71. The van der Waals surface area contributed by atoms with E-state index in [1.165, 1.54) is 7.11 Å². The zero-order valence-electron chi connectivity index (χ0n) is 15.9. The molecule has 0 atom stereocenters. The number of nitrogens with zero attached hydrogens (tertiary/aromatic N) is 2. The molecule has 7 nitrogen and oxygen atoms in total. The van der Waals surface area contributed by atoms with Crippen molar-refractivity contribution in [1.29, 1.82) is 0 Å². The van der Waals surface area contributed by atoms with Crippen molar-refractivity contribution in [2.45, 2.75) is 13.8 Å². The van der Waals surface area contributed by atoms with Gasteiger partial charge in [0.15, 0.2) is 6.61 Å². The molecule has 0 saturated heterocycles. The molecule has 1 heterocycles. The smallest absolute Gasteiger partial charge is 0.343 e. The molecule has 1 N–H and O–H groups in total. The molecule has 0 aliphatic heterocycles. The van der Waals surface area contributed by atoms with Crippen molar-refractivity contribution in [3.8, 4) is 11.4 Å². The highest BCUT2D eigenvalue weighted by Gasteiger charge is 2.09. The molecule has 0 aliphatic rings. The number of esters is 1. The molecule has 7 heteroatoms. The van der Waals surface area contributed by atoms with Crippen molar-refractivity contribution in [1.82, 2.24) is 9.78 Å². The van der Waals surface area contributed by atoms with Crippen LogP contribution < -0.4 is 10.1 Å². The average molecular weight is 379 g/mol. The van der Waals surface area contributed by atoms with Gasteiger partial charge in [-0.25, -0.2) is 9.48 Å². The fourth-order valence-electron chi connectivity index (χ4n) is 2.68. The van der Waals surface area contributed by atoms with Gasteiger partial charge in [0.2, 0.25) is 0 Å². The Bertz CT molecular complexity index is 976. The number of anilines is 1. The molecule has 0 aliphatic carbocycles. The van der Waals surface area contributed by atoms with Crippen LogP contribution in [0.3, 0.4) is 0 Å². The highest BCUT2D eigenvalue weighted by molar-refractivity contribution is 6.04. The number of aromatic nitrogens is 2. The summed E-state index contributed by atoms with van der Waals surface area (Å²) in [6.07, 6.45) is 0. The van der Waals surface area contributed by atoms with Gasteiger partial charge in [-0.3, -0.25) is 4.79 Å². The number of carbonyl (C=O) groups excluding carboxylic acids is 2. The Morgan fingerprint density at radius 2 is 1.71 bits per heavy atom. The van der Waals surface area contributed by atoms with Crippen LogP contribution in [-0.4, -0.2) is 35.4 Å². The van der Waals surface area contributed by atoms with Crippen LogP contribution in [0.4, 0.5) is 5.69 Å². The predicted octanol–water partition coefficient (Wildman–Crippen LogP) is 3.29. The van der Waals surface area contributed by atoms with E-state index in [-0.39, 0.29) is 12.5 Å². The number of ether oxygens (including phenoxy) is 2. The molecule has 0 saturated carbocycles. The van der Waals surface area contributed by atoms with Crippen molar-refractivity contribution in [3.05, 3.63) is 71.5 Å². The number of aryl methyl sites for hydroxylation is 2. The summed E-state index contributed by atoms with van der Waals surface area (Å²) < 4.78 is 11.6. The van der Waals surface area contributed by atoms with Crippen LogP contribution in [0.25, 0.3) is 5.69 Å². The van der Waals surface area contributed by atoms with Gasteiger partial charge in [0, 0.05) is 16.9 Å². The maximum absolute atomic E-state index is 12.4. The van der Waals surface area contributed by atoms with E-state index in [0.717, 1.165) is 17.1 Å². The normalized spacial score (nSPS) is 10.4. The summed E-state index contributed by atoms with van der Waals surface area (Å²) in [6, 6.07) is 16.0. The van der Waals surface area contributed by atoms with Crippen LogP contribution in [-0.2, 0) is 9.53 Å². The second-order valence-electron chi connectivity index (χ2n) is 6.23. The molecule has 3 rings (SSSR count). The number of carbonyl (C=O) groups is 2. The third-order valence-electron chi connectivity index (χ3n) is 4.08. The summed E-state index contributed by atoms with van der Waals surface area (Å²) in [5.74, 6) is -0.165. The number of benzene rings is 2. The first-order chi connectivity index (χ1) is 13.5. The Hall–Kier alpha value is -3.61. The summed E-state index contributed by atoms with van der Waals surface area (Å²) in [5, 5.41) is 7.27. The molecule has 1 amide bonds. The Kier molecular flexibility index (Phi) is 5.74. The molecule has 1 aromatic heterocycles. The van der Waals surface area contributed by atoms with Crippen LogP contribution in [0.15, 0.2) is 54.6 Å². The maximum atomic E-state index is 12.4. The van der Waals surface area contributed by atoms with Gasteiger partial charge in [-0.2, -0.15) is 5.10 Å². The predicted molar refractivity (Wildman–Crippen MR) is 105 cm³/mol. The highest BCUT2D eigenvalue weighted by atomic mass is 16.6. The van der Waals surface area contributed by atoms with Crippen LogP contribution in [0.2, 0.25) is 0 Å². The van der Waals surface area contributed by atoms with Crippen molar-refractivity contribution in [2.75, 3.05) is 19.0 Å². The van der Waals surface area contributed by atoms with Crippen molar-refractivity contribution in [3.63, 3.8) is 0 Å². The van der Waals surface area contributed by atoms with E-state index in [1.54, 1.807) is 36.4 Å². The summed E-state index contributed by atoms with van der Waals surface area (Å²) in [7, 11) is 1.30. The first-order valence-electron chi connectivity index (χ1n) is 8.71. The van der Waals surface area contributed by atoms with Gasteiger partial charge in [0.05, 0.1) is 18.5 Å². The second-order valence-corrected chi connectivity index (χ2v) is 6.23. The highest BCUT2D eigenvalue weighted by Crippen LogP contribution is 2.18. The zero-order valence-corrected chi connectivity index (χ0v) is 15.9. The van der Waals surface area contributed by atoms with E-state index in [9.17, 15) is 9.59 Å². The summed E-state index contributed by atoms with van der Waals surface area (Å²) in [5.41, 5.74) is 4.03. The van der Waals surface area contributed by atoms with Gasteiger partial charge in [0.1, 0.15) is 5.75 Å². The Balaban J connectivity index is 1.63. The molecule has 0 bridgehead atoms. The van der Waals surface area contributed by atoms with Crippen molar-refractivity contribution < 1.29 is 19.1 Å². The number of amides is 1. The molecule has 28 heavy (non-hydrogen) atoms. The minimum atomic E-state index is -0.457. The standard InChI is InChI=1S/C21H21N3O4/c1-14-12-15(2)24(23-14)18-8-4-16(5-9-18)21(26)22-17-6-10-19(11-7-17)28-13-20(25)27-3/h4-12H,13H2,1-3H3,(H,22,26). The molecule has 0 radical (unpaired) electrons. The van der Waals surface area contributed by atoms with Crippen LogP contribution in [0.1, 0.15) is 21.7 Å². The van der Waals surface area contributed by atoms with Gasteiger partial charge < -0.3 is 14.8 Å². The molecular formula is C21H21N3O4. The Morgan fingerprint density at radius 1 is 1.04 bits per heavy atom. The molecule has 0 spiro atoms. The fourth-order valence-corrected chi connectivity index (χ4v) is 2.68. The second kappa shape index (κ2) is 8.39. The SMILES string of the molecule is COC(=O)COc1ccc(NC(=O)c2ccc(-n3nc(C)cc3C)cc2)cc1. The number of hydrogen-bond acceptors (Lipinski definition) is 5. The van der Waals surface area contributed by atoms with E-state index in [0.29, 0.717) is 17.0 Å². The van der Waals surface area contributed by atoms with Crippen LogP contribution in [0.5, 0.6) is 5.75 Å². The molecule has 0 unspecified atom stereocenters. The summed E-state index contributed by atoms with van der Waals surface area (Å²) in [6.45, 7) is 3.76. The van der Waals surface area contributed by atoms with E-state index in [2.05, 4.69) is 15.2 Å². The number of methoxy groups -OCH3 is 1. The third-order valence-corrected chi connectivity index (χ3v) is 4.08. The molecule has 3 aromatic rings. The fraction of sp³-hybridized carbons (Fsp3) is 0.190. The van der Waals surface area contributed by atoms with E-state index < -0.39 is 5.97 Å². The lowest BCUT2D eigenvalue weighted by Crippen LogP contribution is -2.13. The van der Waals surface area contributed by atoms with E-state index in [1.807, 2.05) is 36.7 Å². The van der Waals surface area contributed by atoms with E-state index >= 15 is 0 Å². The Morgan fingerprint density at radius 3 is 2.29 bits per heavy atom. The zero-order chi connectivity index (χ0) is 20.1. The Labute approximate surface area is 162 Å². The molecule has 144 valence electrons. The lowest BCUT2D eigenvalue weighted by molar-refractivity contribution is -0.142. The summed E-state index contributed by atoms with van der Waals surface area (Å²) in [4.78, 5) is 23.5. The lowest BCUT2D eigenvalue weighted by atomic mass is 10.2. The quantitative estimate of drug-likeness (QED) is 0.665. The topological polar surface area (TPSA) is 82.5 Å². The molecule has 0 fully saturated rings. The minimum absolute atomic E-state index is 0.163. The van der Waals surface area contributed by atoms with Gasteiger partial charge in [-0.15, -0.1) is 0 Å². The largest absolute Gasteiger partial charge is 0.482 e. The summed E-state index contributed by atoms with van der Waals surface area (Å²) >= 11 is 0. The first kappa shape index (κ1) is 19.2. The number of rotatable bonds is 6. The lowest BCUT2D eigenvalue weighted by Gasteiger charge is -2.09. The van der Waals surface area contributed by atoms with Gasteiger partial charge in [-0.1, -0.05) is 0 Å². The minimum Gasteiger partial charge on any atom is -0.482 e. The average Bonchev–Trinajstić information content (AvgIpc) is 3.05. The third kappa shape index (κ3) is 4.56. The van der Waals surface area contributed by atoms with Gasteiger partial charge >= 0.3 is 5.97 Å². The van der Waals surface area contributed by atoms with Crippen LogP contribution in [0, 0.1) is 13.8 Å². The van der Waals surface area contributed by atoms with Gasteiger partial charge in [-0.05, 0) is 68.4 Å². The van der Waals surface area contributed by atoms with Crippen LogP contribution >= 0.6 is 0 Å². The van der Waals surface area contributed by atoms with E-state index in [4.69, 9.17) is 4.74 Å². The van der Waals surface area contributed by atoms with Crippen molar-refractivity contribution >= 4 is 17.6 Å². The van der Waals surface area contributed by atoms with Crippen molar-refractivity contribution in [2.24, 2.45) is 0 Å². The number of nitrogens with one attached hydrogen (secondary N) is 1. The molecule has 2 aromatic carbocycles. The number of hydrogen-bond donors (Lipinski definition) is 1. The van der Waals surface area contributed by atoms with Gasteiger partial charge in [0.25, 0.3) is 5.91 Å². The molecular weight excluding hydrogens is 358 g/mol. The maximum Gasteiger partial charge on any atom is 0.343 e. The monoisotopic (exact) mass is 379 g/mol.